The van der Waals surface area contributed by atoms with Gasteiger partial charge in [0.25, 0.3) is 0 Å². The molecule has 0 aliphatic rings. The number of hydrogen-bond acceptors (Lipinski definition) is 4. The zero-order valence-electron chi connectivity index (χ0n) is 8.21. The molecule has 0 saturated heterocycles. The molecule has 0 amide bonds. The minimum atomic E-state index is -2.72. The third-order valence-corrected chi connectivity index (χ3v) is 1.60. The molecule has 0 N–H and O–H groups in total. The van der Waals surface area contributed by atoms with Crippen LogP contribution in [0.4, 0.5) is 0 Å². The zero-order valence-corrected chi connectivity index (χ0v) is 8.21. The first-order valence-electron chi connectivity index (χ1n) is 3.89. The van der Waals surface area contributed by atoms with Gasteiger partial charge in [-0.25, -0.2) is 15.8 Å². The molecule has 1 aromatic rings. The summed E-state index contributed by atoms with van der Waals surface area (Å²) in [5.74, 6) is 5.09. The Labute approximate surface area is 99.8 Å². The number of hydrogen-bond donors (Lipinski definition) is 0. The summed E-state index contributed by atoms with van der Waals surface area (Å²) in [5, 5.41) is 25.9. The quantitative estimate of drug-likeness (QED) is 0.514. The Balaban J connectivity index is 0.00000196. The SMILES string of the molecule is N#C[B-](C#N)(C#N)Oc1ccccc1.[Li+]. The van der Waals surface area contributed by atoms with Gasteiger partial charge in [0, 0.05) is 0 Å². The minimum absolute atomic E-state index is 0. The molecule has 0 heterocycles. The Hall–Kier alpha value is -1.85. The molecule has 66 valence electrons. The van der Waals surface area contributed by atoms with Crippen LogP contribution in [0.15, 0.2) is 30.3 Å². The largest absolute Gasteiger partial charge is 1.00 e. The van der Waals surface area contributed by atoms with Crippen molar-refractivity contribution in [1.29, 1.82) is 15.8 Å². The molecule has 6 heteroatoms. The van der Waals surface area contributed by atoms with Gasteiger partial charge in [-0.3, -0.25) is 0 Å². The number of nitrogens with zero attached hydrogens (tertiary/aromatic N) is 3. The molecule has 0 bridgehead atoms. The Kier molecular flexibility index (Phi) is 5.08. The van der Waals surface area contributed by atoms with Gasteiger partial charge in [0.2, 0.25) is 0 Å². The van der Waals surface area contributed by atoms with Gasteiger partial charge < -0.3 is 4.65 Å². The molecule has 1 aromatic carbocycles. The van der Waals surface area contributed by atoms with E-state index in [1.165, 1.54) is 0 Å². The number of para-hydroxylation sites is 1. The summed E-state index contributed by atoms with van der Waals surface area (Å²) in [7, 11) is 0. The second kappa shape index (κ2) is 5.79. The van der Waals surface area contributed by atoms with Crippen molar-refractivity contribution in [3.05, 3.63) is 30.3 Å². The van der Waals surface area contributed by atoms with Gasteiger partial charge in [0.15, 0.2) is 0 Å². The van der Waals surface area contributed by atoms with Crippen LogP contribution in [0.1, 0.15) is 0 Å². The predicted molar refractivity (Wildman–Crippen MR) is 49.7 cm³/mol. The van der Waals surface area contributed by atoms with Crippen LogP contribution in [-0.2, 0) is 0 Å². The van der Waals surface area contributed by atoms with Crippen LogP contribution < -0.4 is 23.5 Å². The predicted octanol–water partition coefficient (Wildman–Crippen LogP) is -1.80. The van der Waals surface area contributed by atoms with Crippen molar-refractivity contribution in [1.82, 2.24) is 0 Å². The van der Waals surface area contributed by atoms with Gasteiger partial charge in [-0.15, -0.1) is 0 Å². The summed E-state index contributed by atoms with van der Waals surface area (Å²) in [6.45, 7) is 0. The van der Waals surface area contributed by atoms with Crippen LogP contribution in [0.2, 0.25) is 0 Å². The van der Waals surface area contributed by atoms with Crippen LogP contribution in [0.25, 0.3) is 0 Å². The monoisotopic (exact) mass is 189 g/mol. The molecule has 0 aliphatic heterocycles. The van der Waals surface area contributed by atoms with Crippen LogP contribution in [0, 0.1) is 33.7 Å². The second-order valence-corrected chi connectivity index (χ2v) is 2.60. The molecule has 0 aromatic heterocycles. The molecule has 0 spiro atoms. The van der Waals surface area contributed by atoms with E-state index in [2.05, 4.69) is 0 Å². The first-order chi connectivity index (χ1) is 6.76. The van der Waals surface area contributed by atoms with E-state index in [1.807, 2.05) is 0 Å². The molecule has 0 atom stereocenters. The van der Waals surface area contributed by atoms with E-state index in [4.69, 9.17) is 20.4 Å². The maximum Gasteiger partial charge on any atom is 1.00 e. The fraction of sp³-hybridized carbons (Fsp3) is 0. The van der Waals surface area contributed by atoms with E-state index >= 15 is 0 Å². The summed E-state index contributed by atoms with van der Waals surface area (Å²) in [5.41, 5.74) is 0. The average Bonchev–Trinajstić information content (AvgIpc) is 2.28. The summed E-state index contributed by atoms with van der Waals surface area (Å²) in [6.07, 6.45) is -2.72. The Morgan fingerprint density at radius 2 is 1.40 bits per heavy atom. The van der Waals surface area contributed by atoms with Crippen molar-refractivity contribution in [2.45, 2.75) is 0 Å². The fourth-order valence-corrected chi connectivity index (χ4v) is 0.869. The molecular weight excluding hydrogens is 184 g/mol. The maximum absolute atomic E-state index is 8.65. The third-order valence-electron chi connectivity index (χ3n) is 1.60. The topological polar surface area (TPSA) is 80.6 Å². The summed E-state index contributed by atoms with van der Waals surface area (Å²) in [4.78, 5) is 0. The molecule has 4 nitrogen and oxygen atoms in total. The van der Waals surface area contributed by atoms with Crippen LogP contribution in [-0.4, -0.2) is 6.35 Å². The van der Waals surface area contributed by atoms with Crippen molar-refractivity contribution in [2.75, 3.05) is 0 Å². The average molecular weight is 189 g/mol. The Morgan fingerprint density at radius 3 is 1.80 bits per heavy atom. The second-order valence-electron chi connectivity index (χ2n) is 2.60. The first-order valence-corrected chi connectivity index (χ1v) is 3.89. The summed E-state index contributed by atoms with van der Waals surface area (Å²) < 4.78 is 5.03. The third kappa shape index (κ3) is 3.08. The molecule has 0 fully saturated rings. The molecule has 0 aliphatic carbocycles. The van der Waals surface area contributed by atoms with Crippen molar-refractivity contribution in [3.8, 4) is 23.7 Å². The van der Waals surface area contributed by atoms with Crippen LogP contribution in [0.3, 0.4) is 0 Å². The molecular formula is C9H5BLiN3O. The van der Waals surface area contributed by atoms with Crippen molar-refractivity contribution < 1.29 is 23.5 Å². The minimum Gasteiger partial charge on any atom is -0.682 e. The van der Waals surface area contributed by atoms with Gasteiger partial charge in [-0.1, -0.05) is 36.1 Å². The number of rotatable bonds is 2. The maximum atomic E-state index is 8.65. The van der Waals surface area contributed by atoms with Gasteiger partial charge in [0.05, 0.1) is 5.75 Å². The normalized spacial score (nSPS) is 8.60. The Morgan fingerprint density at radius 1 is 0.933 bits per heavy atom. The number of benzene rings is 1. The van der Waals surface area contributed by atoms with E-state index < -0.39 is 6.35 Å². The van der Waals surface area contributed by atoms with Crippen LogP contribution >= 0.6 is 0 Å². The van der Waals surface area contributed by atoms with Crippen LogP contribution in [0.5, 0.6) is 5.75 Å². The molecule has 1 rings (SSSR count). The zero-order chi connectivity index (χ0) is 10.4. The Bertz CT molecular complexity index is 407. The van der Waals surface area contributed by atoms with Gasteiger partial charge in [-0.2, -0.15) is 0 Å². The first kappa shape index (κ1) is 13.2. The fourth-order valence-electron chi connectivity index (χ4n) is 0.869. The van der Waals surface area contributed by atoms with Crippen molar-refractivity contribution >= 4 is 6.35 Å². The van der Waals surface area contributed by atoms with E-state index in [1.54, 1.807) is 48.2 Å². The van der Waals surface area contributed by atoms with Crippen molar-refractivity contribution in [3.63, 3.8) is 0 Å². The van der Waals surface area contributed by atoms with Crippen molar-refractivity contribution in [2.24, 2.45) is 0 Å². The van der Waals surface area contributed by atoms with E-state index in [0.29, 0.717) is 5.75 Å². The van der Waals surface area contributed by atoms with E-state index in [0.717, 1.165) is 0 Å². The van der Waals surface area contributed by atoms with Gasteiger partial charge >= 0.3 is 25.2 Å². The number of nitriles is 3. The van der Waals surface area contributed by atoms with E-state index in [9.17, 15) is 0 Å². The smallest absolute Gasteiger partial charge is 0.682 e. The molecule has 0 unspecified atom stereocenters. The van der Waals surface area contributed by atoms with E-state index in [-0.39, 0.29) is 18.9 Å². The summed E-state index contributed by atoms with van der Waals surface area (Å²) >= 11 is 0. The van der Waals surface area contributed by atoms with Gasteiger partial charge in [-0.05, 0) is 12.1 Å². The van der Waals surface area contributed by atoms with Gasteiger partial charge in [0.1, 0.15) is 0 Å². The molecule has 0 radical (unpaired) electrons. The summed E-state index contributed by atoms with van der Waals surface area (Å²) in [6, 6.07) is 8.34. The molecule has 15 heavy (non-hydrogen) atoms. The standard InChI is InChI=1S/C9H5BN3O.Li/c11-6-10(7-12,8-13)14-9-4-2-1-3-5-9;/h1-5H;/q-1;+1. The molecule has 0 saturated carbocycles.